The van der Waals surface area contributed by atoms with Gasteiger partial charge in [-0.05, 0) is 26.1 Å². The smallest absolute Gasteiger partial charge is 0.193 e. The molecule has 6 nitrogen and oxygen atoms in total. The first-order valence-electron chi connectivity index (χ1n) is 9.68. The Morgan fingerprint density at radius 1 is 1.23 bits per heavy atom. The summed E-state index contributed by atoms with van der Waals surface area (Å²) in [6.07, 6.45) is 1.20. The molecule has 0 aliphatic carbocycles. The summed E-state index contributed by atoms with van der Waals surface area (Å²) in [5, 5.41) is 3.61. The molecule has 3 rings (SSSR count). The van der Waals surface area contributed by atoms with Crippen LogP contribution in [0.3, 0.4) is 0 Å². The third kappa shape index (κ3) is 4.75. The molecular weight excluding hydrogens is 326 g/mol. The lowest BCUT2D eigenvalue weighted by Gasteiger charge is -2.32. The van der Waals surface area contributed by atoms with E-state index in [1.54, 1.807) is 0 Å². The predicted molar refractivity (Wildman–Crippen MR) is 107 cm³/mol. The molecule has 0 saturated carbocycles. The monoisotopic (exact) mass is 359 g/mol. The lowest BCUT2D eigenvalue weighted by Crippen LogP contribution is -2.47. The fraction of sp³-hybridized carbons (Fsp3) is 0.650. The summed E-state index contributed by atoms with van der Waals surface area (Å²) in [4.78, 5) is 11.8. The van der Waals surface area contributed by atoms with Gasteiger partial charge in [-0.25, -0.2) is 0 Å². The van der Waals surface area contributed by atoms with Crippen LogP contribution >= 0.6 is 0 Å². The molecule has 2 unspecified atom stereocenters. The van der Waals surface area contributed by atoms with Gasteiger partial charge in [0, 0.05) is 45.8 Å². The fourth-order valence-corrected chi connectivity index (χ4v) is 3.97. The largest absolute Gasteiger partial charge is 0.379 e. The van der Waals surface area contributed by atoms with Gasteiger partial charge in [0.1, 0.15) is 0 Å². The van der Waals surface area contributed by atoms with E-state index in [1.165, 1.54) is 12.0 Å². The van der Waals surface area contributed by atoms with Gasteiger partial charge in [0.2, 0.25) is 0 Å². The second kappa shape index (κ2) is 9.35. The van der Waals surface area contributed by atoms with E-state index < -0.39 is 0 Å². The summed E-state index contributed by atoms with van der Waals surface area (Å²) >= 11 is 0. The Hall–Kier alpha value is -1.63. The van der Waals surface area contributed by atoms with E-state index in [0.29, 0.717) is 12.1 Å². The van der Waals surface area contributed by atoms with Gasteiger partial charge in [0.05, 0.1) is 19.3 Å². The standard InChI is InChI=1S/C20H33N5O/c1-21-20(22-15-19(23(2)3)17-7-5-4-6-8-17)25-10-9-18(16-25)24-11-13-26-14-12-24/h4-8,18-19H,9-16H2,1-3H3,(H,21,22). The molecule has 2 heterocycles. The van der Waals surface area contributed by atoms with Crippen molar-refractivity contribution in [3.63, 3.8) is 0 Å². The van der Waals surface area contributed by atoms with Crippen LogP contribution < -0.4 is 5.32 Å². The number of nitrogens with one attached hydrogen (secondary N) is 1. The van der Waals surface area contributed by atoms with E-state index in [2.05, 4.69) is 69.4 Å². The number of guanidine groups is 1. The Balaban J connectivity index is 1.56. The minimum absolute atomic E-state index is 0.325. The number of likely N-dealkylation sites (N-methyl/N-ethyl adjacent to an activating group) is 1. The van der Waals surface area contributed by atoms with Crippen LogP contribution in [0.25, 0.3) is 0 Å². The molecule has 0 aromatic heterocycles. The SMILES string of the molecule is CN=C(NCC(c1ccccc1)N(C)C)N1CCC(N2CCOCC2)C1. The van der Waals surface area contributed by atoms with Crippen molar-refractivity contribution in [1.82, 2.24) is 20.0 Å². The molecule has 0 amide bonds. The molecule has 0 spiro atoms. The number of hydrogen-bond acceptors (Lipinski definition) is 4. The summed E-state index contributed by atoms with van der Waals surface area (Å²) < 4.78 is 5.49. The maximum absolute atomic E-state index is 5.49. The van der Waals surface area contributed by atoms with Gasteiger partial charge in [-0.15, -0.1) is 0 Å². The van der Waals surface area contributed by atoms with Crippen molar-refractivity contribution in [2.75, 3.05) is 67.1 Å². The summed E-state index contributed by atoms with van der Waals surface area (Å²) in [5.41, 5.74) is 1.33. The van der Waals surface area contributed by atoms with E-state index >= 15 is 0 Å². The van der Waals surface area contributed by atoms with E-state index in [0.717, 1.165) is 51.9 Å². The Labute approximate surface area is 157 Å². The summed E-state index contributed by atoms with van der Waals surface area (Å²) in [6.45, 7) is 6.82. The van der Waals surface area contributed by atoms with Gasteiger partial charge < -0.3 is 19.9 Å². The molecule has 144 valence electrons. The molecule has 0 radical (unpaired) electrons. The Kier molecular flexibility index (Phi) is 6.88. The maximum Gasteiger partial charge on any atom is 0.193 e. The quantitative estimate of drug-likeness (QED) is 0.634. The topological polar surface area (TPSA) is 43.3 Å². The van der Waals surface area contributed by atoms with Crippen molar-refractivity contribution in [3.05, 3.63) is 35.9 Å². The zero-order valence-corrected chi connectivity index (χ0v) is 16.4. The van der Waals surface area contributed by atoms with Crippen molar-refractivity contribution in [2.24, 2.45) is 4.99 Å². The van der Waals surface area contributed by atoms with Gasteiger partial charge in [0.15, 0.2) is 5.96 Å². The first kappa shape index (κ1) is 19.1. The van der Waals surface area contributed by atoms with E-state index in [4.69, 9.17) is 4.74 Å². The van der Waals surface area contributed by atoms with Crippen LogP contribution in [0, 0.1) is 0 Å². The van der Waals surface area contributed by atoms with Crippen LogP contribution in [-0.4, -0.2) is 93.8 Å². The van der Waals surface area contributed by atoms with Crippen LogP contribution in [-0.2, 0) is 4.74 Å². The molecule has 26 heavy (non-hydrogen) atoms. The highest BCUT2D eigenvalue weighted by atomic mass is 16.5. The van der Waals surface area contributed by atoms with Crippen LogP contribution in [0.2, 0.25) is 0 Å². The lowest BCUT2D eigenvalue weighted by molar-refractivity contribution is 0.0195. The van der Waals surface area contributed by atoms with Gasteiger partial charge in [-0.3, -0.25) is 9.89 Å². The van der Waals surface area contributed by atoms with Crippen LogP contribution in [0.4, 0.5) is 0 Å². The molecule has 0 bridgehead atoms. The number of aliphatic imine (C=N–C) groups is 1. The third-order valence-corrected chi connectivity index (χ3v) is 5.50. The number of likely N-dealkylation sites (tertiary alicyclic amines) is 1. The highest BCUT2D eigenvalue weighted by Gasteiger charge is 2.30. The van der Waals surface area contributed by atoms with Crippen molar-refractivity contribution in [2.45, 2.75) is 18.5 Å². The first-order chi connectivity index (χ1) is 12.7. The van der Waals surface area contributed by atoms with Crippen LogP contribution in [0.15, 0.2) is 35.3 Å². The van der Waals surface area contributed by atoms with Crippen LogP contribution in [0.1, 0.15) is 18.0 Å². The maximum atomic E-state index is 5.49. The number of morpholine rings is 1. The van der Waals surface area contributed by atoms with Gasteiger partial charge in [-0.2, -0.15) is 0 Å². The van der Waals surface area contributed by atoms with Gasteiger partial charge >= 0.3 is 0 Å². The number of hydrogen-bond donors (Lipinski definition) is 1. The summed E-state index contributed by atoms with van der Waals surface area (Å²) in [6, 6.07) is 11.6. The predicted octanol–water partition coefficient (Wildman–Crippen LogP) is 1.27. The molecule has 6 heteroatoms. The zero-order valence-electron chi connectivity index (χ0n) is 16.4. The Morgan fingerprint density at radius 3 is 2.62 bits per heavy atom. The molecule has 1 aromatic carbocycles. The Bertz CT molecular complexity index is 571. The lowest BCUT2D eigenvalue weighted by atomic mass is 10.1. The number of rotatable bonds is 5. The summed E-state index contributed by atoms with van der Waals surface area (Å²) in [5.74, 6) is 1.02. The third-order valence-electron chi connectivity index (χ3n) is 5.50. The second-order valence-electron chi connectivity index (χ2n) is 7.36. The van der Waals surface area contributed by atoms with Crippen molar-refractivity contribution >= 4 is 5.96 Å². The van der Waals surface area contributed by atoms with E-state index in [1.807, 2.05) is 7.05 Å². The summed E-state index contributed by atoms with van der Waals surface area (Å²) in [7, 11) is 6.15. The molecule has 1 N–H and O–H groups in total. The molecule has 2 aliphatic rings. The van der Waals surface area contributed by atoms with E-state index in [-0.39, 0.29) is 0 Å². The number of nitrogens with zero attached hydrogens (tertiary/aromatic N) is 4. The molecular formula is C20H33N5O. The number of ether oxygens (including phenoxy) is 1. The van der Waals surface area contributed by atoms with Gasteiger partial charge in [0.25, 0.3) is 0 Å². The minimum atomic E-state index is 0.325. The molecule has 1 aromatic rings. The van der Waals surface area contributed by atoms with Crippen molar-refractivity contribution < 1.29 is 4.74 Å². The first-order valence-corrected chi connectivity index (χ1v) is 9.68. The highest BCUT2D eigenvalue weighted by Crippen LogP contribution is 2.19. The molecule has 2 aliphatic heterocycles. The van der Waals surface area contributed by atoms with E-state index in [9.17, 15) is 0 Å². The van der Waals surface area contributed by atoms with Crippen molar-refractivity contribution in [3.8, 4) is 0 Å². The zero-order chi connectivity index (χ0) is 18.4. The fourth-order valence-electron chi connectivity index (χ4n) is 3.97. The average Bonchev–Trinajstić information content (AvgIpc) is 3.16. The average molecular weight is 360 g/mol. The molecule has 2 saturated heterocycles. The second-order valence-corrected chi connectivity index (χ2v) is 7.36. The van der Waals surface area contributed by atoms with Crippen LogP contribution in [0.5, 0.6) is 0 Å². The van der Waals surface area contributed by atoms with Crippen molar-refractivity contribution in [1.29, 1.82) is 0 Å². The molecule has 2 atom stereocenters. The minimum Gasteiger partial charge on any atom is -0.379 e. The number of benzene rings is 1. The highest BCUT2D eigenvalue weighted by molar-refractivity contribution is 5.80. The normalized spacial score (nSPS) is 23.5. The Morgan fingerprint density at radius 2 is 1.96 bits per heavy atom. The molecule has 2 fully saturated rings. The van der Waals surface area contributed by atoms with Gasteiger partial charge in [-0.1, -0.05) is 30.3 Å².